The van der Waals surface area contributed by atoms with Crippen molar-refractivity contribution in [3.05, 3.63) is 0 Å². The summed E-state index contributed by atoms with van der Waals surface area (Å²) in [5.74, 6) is 0.949. The Morgan fingerprint density at radius 3 is 1.00 bits per heavy atom. The molecule has 0 heterocycles. The van der Waals surface area contributed by atoms with Gasteiger partial charge >= 0.3 is 0 Å². The lowest BCUT2D eigenvalue weighted by molar-refractivity contribution is 0.509. The van der Waals surface area contributed by atoms with E-state index in [1.807, 2.05) is 55.4 Å². The molecule has 0 saturated heterocycles. The molecule has 0 rings (SSSR count). The Balaban J connectivity index is -0.0000000353. The van der Waals surface area contributed by atoms with Crippen molar-refractivity contribution >= 4 is 0 Å². The zero-order valence-electron chi connectivity index (χ0n) is 13.7. The summed E-state index contributed by atoms with van der Waals surface area (Å²) in [5.41, 5.74) is 0. The van der Waals surface area contributed by atoms with Gasteiger partial charge in [-0.3, -0.25) is 0 Å². The van der Waals surface area contributed by atoms with E-state index in [0.29, 0.717) is 0 Å². The quantitative estimate of drug-likeness (QED) is 0.483. The molecule has 0 aliphatic rings. The molecule has 0 spiro atoms. The van der Waals surface area contributed by atoms with Crippen molar-refractivity contribution in [1.29, 1.82) is 0 Å². The highest BCUT2D eigenvalue weighted by molar-refractivity contribution is 4.45. The first-order valence-corrected chi connectivity index (χ1v) is 7.31. The van der Waals surface area contributed by atoms with Crippen molar-refractivity contribution in [2.45, 2.75) is 95.4 Å². The average molecular weight is 220 g/mol. The molecule has 1 unspecified atom stereocenters. The number of rotatable bonds is 3. The fourth-order valence-electron chi connectivity index (χ4n) is 0.697. The molecule has 0 nitrogen and oxygen atoms in total. The largest absolute Gasteiger partial charge is 0.0683 e. The van der Waals surface area contributed by atoms with Crippen LogP contribution in [0.5, 0.6) is 0 Å². The van der Waals surface area contributed by atoms with Gasteiger partial charge in [0.05, 0.1) is 0 Å². The molecule has 15 heavy (non-hydrogen) atoms. The highest BCUT2D eigenvalue weighted by Gasteiger charge is 1.92. The van der Waals surface area contributed by atoms with Crippen molar-refractivity contribution in [2.75, 3.05) is 0 Å². The molecule has 0 N–H and O–H groups in total. The first-order valence-electron chi connectivity index (χ1n) is 7.31. The van der Waals surface area contributed by atoms with E-state index in [1.54, 1.807) is 0 Å². The first-order chi connectivity index (χ1) is 7.31. The van der Waals surface area contributed by atoms with Crippen LogP contribution in [0.1, 0.15) is 95.4 Å². The van der Waals surface area contributed by atoms with Crippen molar-refractivity contribution in [3.8, 4) is 0 Å². The van der Waals surface area contributed by atoms with E-state index in [4.69, 9.17) is 0 Å². The summed E-state index contributed by atoms with van der Waals surface area (Å²) in [6, 6.07) is 0. The van der Waals surface area contributed by atoms with Crippen molar-refractivity contribution < 1.29 is 0 Å². The van der Waals surface area contributed by atoms with E-state index in [1.165, 1.54) is 19.3 Å². The lowest BCUT2D eigenvalue weighted by Crippen LogP contribution is -1.88. The zero-order chi connectivity index (χ0) is 13.7. The number of hydrogen-bond acceptors (Lipinski definition) is 0. The van der Waals surface area contributed by atoms with Crippen LogP contribution in [-0.4, -0.2) is 0 Å². The van der Waals surface area contributed by atoms with Crippen molar-refractivity contribution in [2.24, 2.45) is 5.92 Å². The molecule has 0 aromatic rings. The molecular weight excluding hydrogens is 180 g/mol. The van der Waals surface area contributed by atoms with Gasteiger partial charge in [-0.05, 0) is 5.92 Å². The van der Waals surface area contributed by atoms with E-state index < -0.39 is 0 Å². The maximum atomic E-state index is 2.31. The molecular formula is C15H40. The van der Waals surface area contributed by atoms with Crippen LogP contribution in [0.3, 0.4) is 0 Å². The highest BCUT2D eigenvalue weighted by Crippen LogP contribution is 2.07. The molecule has 0 radical (unpaired) electrons. The van der Waals surface area contributed by atoms with Crippen LogP contribution in [0.25, 0.3) is 0 Å². The molecule has 0 aromatic heterocycles. The third-order valence-corrected chi connectivity index (χ3v) is 1.48. The van der Waals surface area contributed by atoms with Gasteiger partial charge in [0.1, 0.15) is 0 Å². The molecule has 0 amide bonds. The second kappa shape index (κ2) is 65.7. The van der Waals surface area contributed by atoms with Crippen LogP contribution in [-0.2, 0) is 0 Å². The van der Waals surface area contributed by atoms with Crippen LogP contribution in [0.2, 0.25) is 0 Å². The summed E-state index contributed by atoms with van der Waals surface area (Å²) in [4.78, 5) is 0. The predicted molar refractivity (Wildman–Crippen MR) is 79.8 cm³/mol. The van der Waals surface area contributed by atoms with Crippen molar-refractivity contribution in [3.63, 3.8) is 0 Å². The van der Waals surface area contributed by atoms with Crippen LogP contribution in [0.15, 0.2) is 0 Å². The van der Waals surface area contributed by atoms with Gasteiger partial charge in [-0.2, -0.15) is 0 Å². The predicted octanol–water partition coefficient (Wildman–Crippen LogP) is 6.94. The van der Waals surface area contributed by atoms with E-state index in [0.717, 1.165) is 5.92 Å². The molecule has 0 aliphatic heterocycles. The minimum absolute atomic E-state index is 0.949. The van der Waals surface area contributed by atoms with Gasteiger partial charge in [0, 0.05) is 0 Å². The third kappa shape index (κ3) is 80.6. The molecule has 1 atom stereocenters. The Kier molecular flexibility index (Phi) is 129. The molecule has 0 heteroatoms. The average Bonchev–Trinajstić information content (AvgIpc) is 2.39. The monoisotopic (exact) mass is 220 g/mol. The minimum Gasteiger partial charge on any atom is -0.0683 e. The van der Waals surface area contributed by atoms with Gasteiger partial charge < -0.3 is 0 Å². The van der Waals surface area contributed by atoms with Gasteiger partial charge in [0.15, 0.2) is 0 Å². The molecule has 0 bridgehead atoms. The normalized spacial score (nSPS) is 8.20. The maximum Gasteiger partial charge on any atom is -0.0446 e. The standard InChI is InChI=1S/C7H16.4C2H6/c1-4-6-7(3)5-2;4*1-2/h7H,4-6H2,1-3H3;4*1-2H3. The molecule has 0 aromatic carbocycles. The lowest BCUT2D eigenvalue weighted by Gasteiger charge is -2.02. The summed E-state index contributed by atoms with van der Waals surface area (Å²) >= 11 is 0. The number of hydrogen-bond donors (Lipinski definition) is 0. The van der Waals surface area contributed by atoms with Crippen LogP contribution < -0.4 is 0 Å². The first kappa shape index (κ1) is 29.4. The lowest BCUT2D eigenvalue weighted by atomic mass is 10.0. The smallest absolute Gasteiger partial charge is 0.0446 e. The Labute approximate surface area is 102 Å². The van der Waals surface area contributed by atoms with Gasteiger partial charge in [0.2, 0.25) is 0 Å². The summed E-state index contributed by atoms with van der Waals surface area (Å²) < 4.78 is 0. The van der Waals surface area contributed by atoms with E-state index in [2.05, 4.69) is 20.8 Å². The van der Waals surface area contributed by atoms with Gasteiger partial charge in [0.25, 0.3) is 0 Å². The second-order valence-corrected chi connectivity index (χ2v) is 2.30. The molecule has 0 saturated carbocycles. The van der Waals surface area contributed by atoms with E-state index >= 15 is 0 Å². The Bertz CT molecular complexity index is 31.0. The Hall–Kier alpha value is 0. The van der Waals surface area contributed by atoms with Crippen LogP contribution in [0.4, 0.5) is 0 Å². The second-order valence-electron chi connectivity index (χ2n) is 2.30. The Morgan fingerprint density at radius 2 is 0.933 bits per heavy atom. The van der Waals surface area contributed by atoms with Crippen LogP contribution >= 0.6 is 0 Å². The minimum atomic E-state index is 0.949. The van der Waals surface area contributed by atoms with Gasteiger partial charge in [-0.15, -0.1) is 0 Å². The Morgan fingerprint density at radius 1 is 0.667 bits per heavy atom. The topological polar surface area (TPSA) is 0 Å². The van der Waals surface area contributed by atoms with Crippen molar-refractivity contribution in [1.82, 2.24) is 0 Å². The zero-order valence-corrected chi connectivity index (χ0v) is 13.7. The molecule has 100 valence electrons. The SMILES string of the molecule is CC.CC.CC.CC.CCCC(C)CC. The van der Waals surface area contributed by atoms with E-state index in [-0.39, 0.29) is 0 Å². The fraction of sp³-hybridized carbons (Fsp3) is 1.00. The van der Waals surface area contributed by atoms with Gasteiger partial charge in [-0.1, -0.05) is 95.4 Å². The summed E-state index contributed by atoms with van der Waals surface area (Å²) in [5, 5.41) is 0. The highest BCUT2D eigenvalue weighted by atomic mass is 14.0. The summed E-state index contributed by atoms with van der Waals surface area (Å²) in [6.07, 6.45) is 4.08. The summed E-state index contributed by atoms with van der Waals surface area (Å²) in [7, 11) is 0. The summed E-state index contributed by atoms with van der Waals surface area (Å²) in [6.45, 7) is 22.8. The van der Waals surface area contributed by atoms with E-state index in [9.17, 15) is 0 Å². The van der Waals surface area contributed by atoms with Gasteiger partial charge in [-0.25, -0.2) is 0 Å². The maximum absolute atomic E-state index is 2.31. The fourth-order valence-corrected chi connectivity index (χ4v) is 0.697. The third-order valence-electron chi connectivity index (χ3n) is 1.48. The molecule has 0 aliphatic carbocycles. The molecule has 0 fully saturated rings. The van der Waals surface area contributed by atoms with Crippen LogP contribution in [0, 0.1) is 5.92 Å².